The average molecular weight is 246 g/mol. The van der Waals surface area contributed by atoms with Gasteiger partial charge in [-0.15, -0.1) is 0 Å². The Balaban J connectivity index is 2.42. The number of nitrogens with one attached hydrogen (secondary N) is 1. The summed E-state index contributed by atoms with van der Waals surface area (Å²) in [6.45, 7) is 2.41. The molecule has 1 aromatic carbocycles. The number of hydrogen-bond donors (Lipinski definition) is 1. The molecule has 0 heterocycles. The maximum Gasteiger partial charge on any atom is 0.307 e. The number of ether oxygens (including phenoxy) is 1. The highest BCUT2D eigenvalue weighted by atomic mass is 35.5. The third kappa shape index (κ3) is 4.06. The molecule has 0 saturated heterocycles. The molecule has 3 nitrogen and oxygen atoms in total. The van der Waals surface area contributed by atoms with E-state index in [0.717, 1.165) is 0 Å². The summed E-state index contributed by atoms with van der Waals surface area (Å²) in [5.74, 6) is -0.703. The number of hydrogen-bond acceptors (Lipinski definition) is 3. The molecular weight excluding hydrogens is 233 g/mol. The Morgan fingerprint density at radius 2 is 2.31 bits per heavy atom. The van der Waals surface area contributed by atoms with Gasteiger partial charge in [0.1, 0.15) is 5.82 Å². The summed E-state index contributed by atoms with van der Waals surface area (Å²) in [7, 11) is 0. The molecule has 0 saturated carbocycles. The van der Waals surface area contributed by atoms with Gasteiger partial charge < -0.3 is 10.1 Å². The van der Waals surface area contributed by atoms with E-state index in [1.54, 1.807) is 6.92 Å². The highest BCUT2D eigenvalue weighted by Crippen LogP contribution is 2.19. The van der Waals surface area contributed by atoms with E-state index in [9.17, 15) is 9.18 Å². The Morgan fingerprint density at radius 1 is 1.56 bits per heavy atom. The molecule has 1 aromatic rings. The molecule has 0 unspecified atom stereocenters. The van der Waals surface area contributed by atoms with E-state index < -0.39 is 5.82 Å². The lowest BCUT2D eigenvalue weighted by Crippen LogP contribution is -2.11. The maximum atomic E-state index is 13.2. The van der Waals surface area contributed by atoms with Crippen LogP contribution in [0.25, 0.3) is 0 Å². The second-order valence-electron chi connectivity index (χ2n) is 3.11. The number of anilines is 1. The monoisotopic (exact) mass is 245 g/mol. The molecule has 0 spiro atoms. The summed E-state index contributed by atoms with van der Waals surface area (Å²) in [6.07, 6.45) is 0.194. The fourth-order valence-electron chi connectivity index (χ4n) is 1.17. The van der Waals surface area contributed by atoms with Crippen molar-refractivity contribution in [2.45, 2.75) is 13.3 Å². The minimum absolute atomic E-state index is 0.194. The largest absolute Gasteiger partial charge is 0.466 e. The van der Waals surface area contributed by atoms with Crippen LogP contribution in [0.2, 0.25) is 5.02 Å². The van der Waals surface area contributed by atoms with Gasteiger partial charge in [0.2, 0.25) is 0 Å². The van der Waals surface area contributed by atoms with Crippen molar-refractivity contribution >= 4 is 23.3 Å². The van der Waals surface area contributed by atoms with E-state index in [2.05, 4.69) is 5.32 Å². The standard InChI is InChI=1S/C11H13ClFNO2/c1-2-16-11(15)5-6-14-10-7-8(12)3-4-9(10)13/h3-4,7,14H,2,5-6H2,1H3. The van der Waals surface area contributed by atoms with Crippen LogP contribution in [-0.2, 0) is 9.53 Å². The molecule has 0 aromatic heterocycles. The first kappa shape index (κ1) is 12.8. The van der Waals surface area contributed by atoms with Gasteiger partial charge in [0, 0.05) is 11.6 Å². The first-order chi connectivity index (χ1) is 7.63. The lowest BCUT2D eigenvalue weighted by Gasteiger charge is -2.07. The summed E-state index contributed by atoms with van der Waals surface area (Å²) >= 11 is 5.71. The second-order valence-corrected chi connectivity index (χ2v) is 3.54. The molecule has 1 rings (SSSR count). The van der Waals surface area contributed by atoms with Crippen LogP contribution in [0, 0.1) is 5.82 Å². The predicted molar refractivity (Wildman–Crippen MR) is 61.1 cm³/mol. The molecule has 0 radical (unpaired) electrons. The predicted octanol–water partition coefficient (Wildman–Crippen LogP) is 2.84. The van der Waals surface area contributed by atoms with E-state index in [4.69, 9.17) is 16.3 Å². The van der Waals surface area contributed by atoms with Gasteiger partial charge in [-0.1, -0.05) is 11.6 Å². The van der Waals surface area contributed by atoms with Gasteiger partial charge in [-0.05, 0) is 25.1 Å². The maximum absolute atomic E-state index is 13.2. The van der Waals surface area contributed by atoms with E-state index in [1.807, 2.05) is 0 Å². The zero-order chi connectivity index (χ0) is 12.0. The van der Waals surface area contributed by atoms with E-state index in [-0.39, 0.29) is 18.1 Å². The third-order valence-corrected chi connectivity index (χ3v) is 2.11. The first-order valence-corrected chi connectivity index (χ1v) is 5.36. The molecule has 0 bridgehead atoms. The van der Waals surface area contributed by atoms with Crippen molar-refractivity contribution in [1.82, 2.24) is 0 Å². The summed E-state index contributed by atoms with van der Waals surface area (Å²) in [5, 5.41) is 3.23. The number of rotatable bonds is 5. The lowest BCUT2D eigenvalue weighted by atomic mass is 10.3. The van der Waals surface area contributed by atoms with Crippen LogP contribution in [0.15, 0.2) is 18.2 Å². The van der Waals surface area contributed by atoms with E-state index in [1.165, 1.54) is 18.2 Å². The Hall–Kier alpha value is -1.29. The molecule has 0 aliphatic rings. The van der Waals surface area contributed by atoms with Crippen molar-refractivity contribution in [3.63, 3.8) is 0 Å². The Kier molecular flexibility index (Phi) is 5.05. The van der Waals surface area contributed by atoms with Gasteiger partial charge in [0.25, 0.3) is 0 Å². The number of benzene rings is 1. The Morgan fingerprint density at radius 3 is 3.00 bits per heavy atom. The van der Waals surface area contributed by atoms with E-state index in [0.29, 0.717) is 18.2 Å². The normalized spacial score (nSPS) is 9.94. The minimum Gasteiger partial charge on any atom is -0.466 e. The molecule has 0 aliphatic heterocycles. The van der Waals surface area contributed by atoms with Crippen molar-refractivity contribution in [3.05, 3.63) is 29.0 Å². The molecule has 0 atom stereocenters. The summed E-state index contributed by atoms with van der Waals surface area (Å²) < 4.78 is 17.9. The highest BCUT2D eigenvalue weighted by molar-refractivity contribution is 6.30. The van der Waals surface area contributed by atoms with Crippen LogP contribution in [-0.4, -0.2) is 19.1 Å². The molecule has 5 heteroatoms. The summed E-state index contributed by atoms with van der Waals surface area (Å²) in [4.78, 5) is 11.0. The van der Waals surface area contributed by atoms with Crippen molar-refractivity contribution in [2.24, 2.45) is 0 Å². The molecule has 0 fully saturated rings. The average Bonchev–Trinajstić information content (AvgIpc) is 2.23. The number of esters is 1. The van der Waals surface area contributed by atoms with Crippen LogP contribution in [0.3, 0.4) is 0 Å². The van der Waals surface area contributed by atoms with E-state index >= 15 is 0 Å². The van der Waals surface area contributed by atoms with Crippen LogP contribution >= 0.6 is 11.6 Å². The summed E-state index contributed by atoms with van der Waals surface area (Å²) in [5.41, 5.74) is 0.289. The zero-order valence-electron chi connectivity index (χ0n) is 8.93. The fraction of sp³-hybridized carbons (Fsp3) is 0.364. The zero-order valence-corrected chi connectivity index (χ0v) is 9.68. The van der Waals surface area contributed by atoms with Gasteiger partial charge in [0.15, 0.2) is 0 Å². The Bertz CT molecular complexity index is 371. The number of halogens is 2. The fourth-order valence-corrected chi connectivity index (χ4v) is 1.34. The number of carbonyl (C=O) groups excluding carboxylic acids is 1. The molecule has 88 valence electrons. The van der Waals surface area contributed by atoms with Crippen molar-refractivity contribution in [2.75, 3.05) is 18.5 Å². The van der Waals surface area contributed by atoms with Gasteiger partial charge in [-0.2, -0.15) is 0 Å². The molecule has 1 N–H and O–H groups in total. The van der Waals surface area contributed by atoms with Crippen LogP contribution in [0.5, 0.6) is 0 Å². The van der Waals surface area contributed by atoms with Crippen molar-refractivity contribution in [3.8, 4) is 0 Å². The SMILES string of the molecule is CCOC(=O)CCNc1cc(Cl)ccc1F. The first-order valence-electron chi connectivity index (χ1n) is 4.98. The van der Waals surface area contributed by atoms with Gasteiger partial charge in [-0.3, -0.25) is 4.79 Å². The van der Waals surface area contributed by atoms with Crippen LogP contribution < -0.4 is 5.32 Å². The second kappa shape index (κ2) is 6.33. The highest BCUT2D eigenvalue weighted by Gasteiger charge is 2.04. The smallest absolute Gasteiger partial charge is 0.307 e. The van der Waals surface area contributed by atoms with Crippen LogP contribution in [0.1, 0.15) is 13.3 Å². The lowest BCUT2D eigenvalue weighted by molar-refractivity contribution is -0.142. The van der Waals surface area contributed by atoms with Crippen molar-refractivity contribution in [1.29, 1.82) is 0 Å². The molecule has 0 amide bonds. The number of carbonyl (C=O) groups is 1. The summed E-state index contributed by atoms with van der Waals surface area (Å²) in [6, 6.07) is 4.21. The van der Waals surface area contributed by atoms with Gasteiger partial charge >= 0.3 is 5.97 Å². The quantitative estimate of drug-likeness (QED) is 0.811. The third-order valence-electron chi connectivity index (χ3n) is 1.88. The Labute approximate surface area is 98.5 Å². The molecule has 16 heavy (non-hydrogen) atoms. The molecule has 0 aliphatic carbocycles. The molecular formula is C11H13ClFNO2. The topological polar surface area (TPSA) is 38.3 Å². The van der Waals surface area contributed by atoms with Gasteiger partial charge in [-0.25, -0.2) is 4.39 Å². The van der Waals surface area contributed by atoms with Gasteiger partial charge in [0.05, 0.1) is 18.7 Å². The minimum atomic E-state index is -0.395. The van der Waals surface area contributed by atoms with Crippen molar-refractivity contribution < 1.29 is 13.9 Å². The van der Waals surface area contributed by atoms with Crippen LogP contribution in [0.4, 0.5) is 10.1 Å².